The third kappa shape index (κ3) is 7.09. The van der Waals surface area contributed by atoms with E-state index in [0.717, 1.165) is 11.1 Å². The number of anilines is 1. The van der Waals surface area contributed by atoms with Gasteiger partial charge in [-0.3, -0.25) is 9.59 Å². The minimum absolute atomic E-state index is 0.452. The van der Waals surface area contributed by atoms with Crippen LogP contribution in [0.25, 0.3) is 6.08 Å². The lowest BCUT2D eigenvalue weighted by Crippen LogP contribution is -2.41. The first kappa shape index (κ1) is 22.7. The lowest BCUT2D eigenvalue weighted by molar-refractivity contribution is -0.155. The molecule has 0 aliphatic carbocycles. The standard InChI is InChI=1S/C23H26N2O5/c1-15-5-10-19(11-6-15)25-22(27)17(3)30-23(28)16(2)24-21(26)14-9-18-7-12-20(29-4)13-8-18/h5-14,16-17H,1-4H3,(H,24,26)(H,25,27)/b14-9+/t16-,17+/m0/s1. The molecule has 0 fully saturated rings. The first-order valence-electron chi connectivity index (χ1n) is 9.49. The summed E-state index contributed by atoms with van der Waals surface area (Å²) >= 11 is 0. The SMILES string of the molecule is COc1ccc(/C=C/C(=O)N[C@@H](C)C(=O)O[C@H](C)C(=O)Nc2ccc(C)cc2)cc1. The van der Waals surface area contributed by atoms with Crippen LogP contribution in [-0.4, -0.2) is 37.0 Å². The summed E-state index contributed by atoms with van der Waals surface area (Å²) in [5.41, 5.74) is 2.49. The Morgan fingerprint density at radius 2 is 1.60 bits per heavy atom. The zero-order valence-corrected chi connectivity index (χ0v) is 17.5. The number of hydrogen-bond acceptors (Lipinski definition) is 5. The molecule has 7 heteroatoms. The molecule has 2 amide bonds. The Morgan fingerprint density at radius 1 is 0.967 bits per heavy atom. The molecule has 0 aliphatic rings. The molecule has 2 aromatic carbocycles. The van der Waals surface area contributed by atoms with Gasteiger partial charge in [0.05, 0.1) is 7.11 Å². The summed E-state index contributed by atoms with van der Waals surface area (Å²) in [5, 5.41) is 5.19. The van der Waals surface area contributed by atoms with Crippen LogP contribution in [0.5, 0.6) is 5.75 Å². The highest BCUT2D eigenvalue weighted by Gasteiger charge is 2.22. The normalized spacial score (nSPS) is 12.7. The number of amides is 2. The lowest BCUT2D eigenvalue weighted by Gasteiger charge is -2.17. The molecule has 2 atom stereocenters. The fourth-order valence-corrected chi connectivity index (χ4v) is 2.42. The molecule has 0 saturated heterocycles. The molecule has 2 aromatic rings. The first-order valence-corrected chi connectivity index (χ1v) is 9.49. The van der Waals surface area contributed by atoms with Crippen molar-refractivity contribution in [2.45, 2.75) is 32.9 Å². The Labute approximate surface area is 176 Å². The minimum atomic E-state index is -1.01. The highest BCUT2D eigenvalue weighted by atomic mass is 16.5. The molecule has 0 aromatic heterocycles. The van der Waals surface area contributed by atoms with Crippen molar-refractivity contribution >= 4 is 29.5 Å². The van der Waals surface area contributed by atoms with Crippen LogP contribution in [0.3, 0.4) is 0 Å². The van der Waals surface area contributed by atoms with Crippen LogP contribution in [0.15, 0.2) is 54.6 Å². The molecule has 0 radical (unpaired) electrons. The fraction of sp³-hybridized carbons (Fsp3) is 0.261. The third-order valence-electron chi connectivity index (χ3n) is 4.24. The van der Waals surface area contributed by atoms with Gasteiger partial charge in [-0.2, -0.15) is 0 Å². The van der Waals surface area contributed by atoms with Crippen LogP contribution >= 0.6 is 0 Å². The van der Waals surface area contributed by atoms with Crippen molar-refractivity contribution in [2.24, 2.45) is 0 Å². The van der Waals surface area contributed by atoms with Crippen molar-refractivity contribution in [2.75, 3.05) is 12.4 Å². The molecule has 30 heavy (non-hydrogen) atoms. The highest BCUT2D eigenvalue weighted by molar-refractivity contribution is 5.97. The Morgan fingerprint density at radius 3 is 2.20 bits per heavy atom. The van der Waals surface area contributed by atoms with Crippen molar-refractivity contribution in [1.29, 1.82) is 0 Å². The maximum absolute atomic E-state index is 12.2. The number of hydrogen-bond donors (Lipinski definition) is 2. The van der Waals surface area contributed by atoms with E-state index in [4.69, 9.17) is 9.47 Å². The monoisotopic (exact) mass is 410 g/mol. The largest absolute Gasteiger partial charge is 0.497 e. The van der Waals surface area contributed by atoms with E-state index in [0.29, 0.717) is 11.4 Å². The maximum Gasteiger partial charge on any atom is 0.329 e. The number of rotatable bonds is 8. The molecule has 0 saturated carbocycles. The molecule has 0 heterocycles. The molecule has 0 unspecified atom stereocenters. The Kier molecular flexibility index (Phi) is 8.17. The van der Waals surface area contributed by atoms with E-state index in [1.54, 1.807) is 49.6 Å². The summed E-state index contributed by atoms with van der Waals surface area (Å²) in [6, 6.07) is 13.5. The summed E-state index contributed by atoms with van der Waals surface area (Å²) in [6.07, 6.45) is 1.93. The average molecular weight is 410 g/mol. The number of carbonyl (C=O) groups is 3. The summed E-state index contributed by atoms with van der Waals surface area (Å²) in [5.74, 6) is -0.890. The molecule has 2 N–H and O–H groups in total. The maximum atomic E-state index is 12.2. The quantitative estimate of drug-likeness (QED) is 0.515. The molecular formula is C23H26N2O5. The Bertz CT molecular complexity index is 904. The van der Waals surface area contributed by atoms with Crippen molar-refractivity contribution in [3.8, 4) is 5.75 Å². The van der Waals surface area contributed by atoms with Crippen molar-refractivity contribution < 1.29 is 23.9 Å². The topological polar surface area (TPSA) is 93.7 Å². The van der Waals surface area contributed by atoms with E-state index in [9.17, 15) is 14.4 Å². The average Bonchev–Trinajstić information content (AvgIpc) is 2.74. The number of ether oxygens (including phenoxy) is 2. The first-order chi connectivity index (χ1) is 14.3. The van der Waals surface area contributed by atoms with Gasteiger partial charge in [0.25, 0.3) is 5.91 Å². The van der Waals surface area contributed by atoms with Crippen LogP contribution in [0.2, 0.25) is 0 Å². The van der Waals surface area contributed by atoms with Crippen molar-refractivity contribution in [3.05, 3.63) is 65.7 Å². The van der Waals surface area contributed by atoms with Gasteiger partial charge in [0.2, 0.25) is 5.91 Å². The van der Waals surface area contributed by atoms with Gasteiger partial charge in [-0.05, 0) is 56.7 Å². The highest BCUT2D eigenvalue weighted by Crippen LogP contribution is 2.12. The van der Waals surface area contributed by atoms with Gasteiger partial charge in [0.1, 0.15) is 11.8 Å². The van der Waals surface area contributed by atoms with Crippen LogP contribution in [0.1, 0.15) is 25.0 Å². The summed E-state index contributed by atoms with van der Waals surface area (Å²) in [7, 11) is 1.58. The molecule has 7 nitrogen and oxygen atoms in total. The smallest absolute Gasteiger partial charge is 0.329 e. The summed E-state index contributed by atoms with van der Waals surface area (Å²) in [6.45, 7) is 4.91. The molecular weight excluding hydrogens is 384 g/mol. The van der Waals surface area contributed by atoms with E-state index >= 15 is 0 Å². The van der Waals surface area contributed by atoms with Crippen LogP contribution in [-0.2, 0) is 19.1 Å². The van der Waals surface area contributed by atoms with Crippen molar-refractivity contribution in [3.63, 3.8) is 0 Å². The van der Waals surface area contributed by atoms with Gasteiger partial charge in [0.15, 0.2) is 6.10 Å². The van der Waals surface area contributed by atoms with E-state index in [2.05, 4.69) is 10.6 Å². The van der Waals surface area contributed by atoms with Gasteiger partial charge in [0, 0.05) is 11.8 Å². The molecule has 0 aliphatic heterocycles. The zero-order chi connectivity index (χ0) is 22.1. The Balaban J connectivity index is 1.82. The number of esters is 1. The molecule has 158 valence electrons. The van der Waals surface area contributed by atoms with Crippen molar-refractivity contribution in [1.82, 2.24) is 5.32 Å². The Hall–Kier alpha value is -3.61. The number of carbonyl (C=O) groups excluding carboxylic acids is 3. The number of benzene rings is 2. The van der Waals surface area contributed by atoms with Gasteiger partial charge in [-0.1, -0.05) is 29.8 Å². The predicted molar refractivity (Wildman–Crippen MR) is 115 cm³/mol. The molecule has 0 bridgehead atoms. The van der Waals surface area contributed by atoms with E-state index in [1.165, 1.54) is 19.9 Å². The van der Waals surface area contributed by atoms with Gasteiger partial charge >= 0.3 is 5.97 Å². The second kappa shape index (κ2) is 10.8. The zero-order valence-electron chi connectivity index (χ0n) is 17.5. The summed E-state index contributed by atoms with van der Waals surface area (Å²) < 4.78 is 10.2. The molecule has 2 rings (SSSR count). The fourth-order valence-electron chi connectivity index (χ4n) is 2.42. The van der Waals surface area contributed by atoms with E-state index in [1.807, 2.05) is 19.1 Å². The lowest BCUT2D eigenvalue weighted by atomic mass is 10.2. The number of methoxy groups -OCH3 is 1. The number of nitrogens with one attached hydrogen (secondary N) is 2. The third-order valence-corrected chi connectivity index (χ3v) is 4.24. The summed E-state index contributed by atoms with van der Waals surface area (Å²) in [4.78, 5) is 36.4. The van der Waals surface area contributed by atoms with Crippen LogP contribution in [0, 0.1) is 6.92 Å². The van der Waals surface area contributed by atoms with E-state index < -0.39 is 29.9 Å². The van der Waals surface area contributed by atoms with Gasteiger partial charge in [-0.15, -0.1) is 0 Å². The second-order valence-electron chi connectivity index (χ2n) is 6.77. The van der Waals surface area contributed by atoms with Crippen LogP contribution < -0.4 is 15.4 Å². The number of aryl methyl sites for hydroxylation is 1. The second-order valence-corrected chi connectivity index (χ2v) is 6.77. The van der Waals surface area contributed by atoms with E-state index in [-0.39, 0.29) is 0 Å². The van der Waals surface area contributed by atoms with Gasteiger partial charge in [-0.25, -0.2) is 4.79 Å². The minimum Gasteiger partial charge on any atom is -0.497 e. The van der Waals surface area contributed by atoms with Crippen LogP contribution in [0.4, 0.5) is 5.69 Å². The molecule has 0 spiro atoms. The predicted octanol–water partition coefficient (Wildman–Crippen LogP) is 3.09. The van der Waals surface area contributed by atoms with Gasteiger partial charge < -0.3 is 20.1 Å².